The molecule has 27 heavy (non-hydrogen) atoms. The van der Waals surface area contributed by atoms with Crippen molar-refractivity contribution in [2.45, 2.75) is 24.3 Å². The van der Waals surface area contributed by atoms with E-state index in [2.05, 4.69) is 5.32 Å². The van der Waals surface area contributed by atoms with Gasteiger partial charge in [-0.05, 0) is 48.7 Å². The summed E-state index contributed by atoms with van der Waals surface area (Å²) in [7, 11) is -2.16. The van der Waals surface area contributed by atoms with E-state index in [9.17, 15) is 13.2 Å². The Kier molecular flexibility index (Phi) is 6.04. The van der Waals surface area contributed by atoms with Gasteiger partial charge in [0.25, 0.3) is 5.91 Å². The normalized spacial score (nSPS) is 14.9. The lowest BCUT2D eigenvalue weighted by molar-refractivity contribution is 0.0947. The lowest BCUT2D eigenvalue weighted by Crippen LogP contribution is -2.28. The molecule has 0 aromatic heterocycles. The SMILES string of the molecule is COc1ccc(S(=O)(=O)N2CCCC2)cc1C(=O)NCc1ccc(Cl)cc1. The van der Waals surface area contributed by atoms with Crippen LogP contribution in [0, 0.1) is 0 Å². The average molecular weight is 409 g/mol. The van der Waals surface area contributed by atoms with Gasteiger partial charge in [0.05, 0.1) is 17.6 Å². The standard InChI is InChI=1S/C19H21ClN2O4S/c1-26-18-9-8-16(27(24,25)22-10-2-3-11-22)12-17(18)19(23)21-13-14-4-6-15(20)7-5-14/h4-9,12H,2-3,10-11,13H2,1H3,(H,21,23). The van der Waals surface area contributed by atoms with Crippen LogP contribution < -0.4 is 10.1 Å². The molecule has 3 rings (SSSR count). The first-order valence-corrected chi connectivity index (χ1v) is 10.4. The summed E-state index contributed by atoms with van der Waals surface area (Å²) >= 11 is 5.86. The Morgan fingerprint density at radius 2 is 1.81 bits per heavy atom. The summed E-state index contributed by atoms with van der Waals surface area (Å²) in [5, 5.41) is 3.40. The molecule has 2 aromatic rings. The predicted molar refractivity (Wildman–Crippen MR) is 104 cm³/mol. The Morgan fingerprint density at radius 1 is 1.15 bits per heavy atom. The zero-order chi connectivity index (χ0) is 19.4. The number of ether oxygens (including phenoxy) is 1. The monoisotopic (exact) mass is 408 g/mol. The second-order valence-corrected chi connectivity index (χ2v) is 8.66. The van der Waals surface area contributed by atoms with E-state index in [0.717, 1.165) is 18.4 Å². The third-order valence-corrected chi connectivity index (χ3v) is 6.63. The fraction of sp³-hybridized carbons (Fsp3) is 0.316. The van der Waals surface area contributed by atoms with Crippen molar-refractivity contribution >= 4 is 27.5 Å². The van der Waals surface area contributed by atoms with Gasteiger partial charge in [0, 0.05) is 24.7 Å². The van der Waals surface area contributed by atoms with Crippen molar-refractivity contribution in [3.05, 3.63) is 58.6 Å². The molecule has 1 saturated heterocycles. The lowest BCUT2D eigenvalue weighted by atomic mass is 10.1. The molecule has 8 heteroatoms. The van der Waals surface area contributed by atoms with Crippen LogP contribution >= 0.6 is 11.6 Å². The predicted octanol–water partition coefficient (Wildman–Crippen LogP) is 3.06. The van der Waals surface area contributed by atoms with Gasteiger partial charge in [-0.25, -0.2) is 8.42 Å². The van der Waals surface area contributed by atoms with Crippen molar-refractivity contribution in [3.8, 4) is 5.75 Å². The number of sulfonamides is 1. The molecule has 0 radical (unpaired) electrons. The second kappa shape index (κ2) is 8.29. The quantitative estimate of drug-likeness (QED) is 0.797. The largest absolute Gasteiger partial charge is 0.496 e. The number of amides is 1. The number of benzene rings is 2. The maximum absolute atomic E-state index is 12.8. The Bertz CT molecular complexity index is 923. The van der Waals surface area contributed by atoms with Gasteiger partial charge in [-0.15, -0.1) is 0 Å². The number of methoxy groups -OCH3 is 1. The van der Waals surface area contributed by atoms with Crippen LogP contribution in [-0.2, 0) is 16.6 Å². The first-order chi connectivity index (χ1) is 12.9. The minimum atomic E-state index is -3.61. The summed E-state index contributed by atoms with van der Waals surface area (Å²) in [5.74, 6) is -0.0794. The number of carbonyl (C=O) groups is 1. The highest BCUT2D eigenvalue weighted by molar-refractivity contribution is 7.89. The molecular formula is C19H21ClN2O4S. The number of halogens is 1. The van der Waals surface area contributed by atoms with Gasteiger partial charge in [0.1, 0.15) is 5.75 Å². The summed E-state index contributed by atoms with van der Waals surface area (Å²) in [6.45, 7) is 1.31. The maximum atomic E-state index is 12.8. The van der Waals surface area contributed by atoms with E-state index in [-0.39, 0.29) is 10.5 Å². The van der Waals surface area contributed by atoms with E-state index in [1.54, 1.807) is 12.1 Å². The molecule has 1 aliphatic heterocycles. The molecule has 0 spiro atoms. The number of carbonyl (C=O) groups excluding carboxylic acids is 1. The average Bonchev–Trinajstić information content (AvgIpc) is 3.22. The Balaban J connectivity index is 1.82. The highest BCUT2D eigenvalue weighted by Gasteiger charge is 2.28. The smallest absolute Gasteiger partial charge is 0.255 e. The van der Waals surface area contributed by atoms with Crippen LogP contribution in [-0.4, -0.2) is 38.8 Å². The molecule has 6 nitrogen and oxygen atoms in total. The van der Waals surface area contributed by atoms with Crippen molar-refractivity contribution in [3.63, 3.8) is 0 Å². The van der Waals surface area contributed by atoms with Gasteiger partial charge >= 0.3 is 0 Å². The zero-order valence-corrected chi connectivity index (χ0v) is 16.5. The van der Waals surface area contributed by atoms with Crippen molar-refractivity contribution in [1.82, 2.24) is 9.62 Å². The molecule has 1 heterocycles. The molecule has 1 N–H and O–H groups in total. The third kappa shape index (κ3) is 4.43. The Morgan fingerprint density at radius 3 is 2.44 bits per heavy atom. The fourth-order valence-corrected chi connectivity index (χ4v) is 4.65. The van der Waals surface area contributed by atoms with E-state index in [4.69, 9.17) is 16.3 Å². The molecule has 0 atom stereocenters. The van der Waals surface area contributed by atoms with Crippen LogP contribution in [0.3, 0.4) is 0 Å². The summed E-state index contributed by atoms with van der Waals surface area (Å²) in [4.78, 5) is 12.7. The summed E-state index contributed by atoms with van der Waals surface area (Å²) in [5.41, 5.74) is 1.07. The molecule has 0 unspecified atom stereocenters. The Hall–Kier alpha value is -2.09. The second-order valence-electron chi connectivity index (χ2n) is 6.28. The summed E-state index contributed by atoms with van der Waals surface area (Å²) in [6.07, 6.45) is 1.70. The molecule has 1 amide bonds. The minimum Gasteiger partial charge on any atom is -0.496 e. The molecule has 0 aliphatic carbocycles. The number of hydrogen-bond donors (Lipinski definition) is 1. The molecule has 1 aliphatic rings. The van der Waals surface area contributed by atoms with E-state index in [1.807, 2.05) is 12.1 Å². The van der Waals surface area contributed by atoms with E-state index in [1.165, 1.54) is 29.6 Å². The van der Waals surface area contributed by atoms with Gasteiger partial charge < -0.3 is 10.1 Å². The van der Waals surface area contributed by atoms with Gasteiger partial charge in [-0.2, -0.15) is 4.31 Å². The number of nitrogens with zero attached hydrogens (tertiary/aromatic N) is 1. The van der Waals surface area contributed by atoms with Gasteiger partial charge in [-0.1, -0.05) is 23.7 Å². The molecular weight excluding hydrogens is 388 g/mol. The van der Waals surface area contributed by atoms with Crippen LogP contribution in [0.25, 0.3) is 0 Å². The van der Waals surface area contributed by atoms with Crippen molar-refractivity contribution < 1.29 is 17.9 Å². The topological polar surface area (TPSA) is 75.7 Å². The van der Waals surface area contributed by atoms with E-state index < -0.39 is 15.9 Å². The Labute approximate surface area is 164 Å². The summed E-state index contributed by atoms with van der Waals surface area (Å²) in [6, 6.07) is 11.5. The van der Waals surface area contributed by atoms with Crippen molar-refractivity contribution in [2.75, 3.05) is 20.2 Å². The van der Waals surface area contributed by atoms with Crippen molar-refractivity contribution in [2.24, 2.45) is 0 Å². The molecule has 144 valence electrons. The van der Waals surface area contributed by atoms with Crippen LogP contribution in [0.2, 0.25) is 5.02 Å². The molecule has 0 bridgehead atoms. The van der Waals surface area contributed by atoms with E-state index >= 15 is 0 Å². The van der Waals surface area contributed by atoms with Crippen LogP contribution in [0.5, 0.6) is 5.75 Å². The highest BCUT2D eigenvalue weighted by atomic mass is 35.5. The third-order valence-electron chi connectivity index (χ3n) is 4.48. The minimum absolute atomic E-state index is 0.0989. The summed E-state index contributed by atoms with van der Waals surface area (Å²) < 4.78 is 32.2. The fourth-order valence-electron chi connectivity index (χ4n) is 2.98. The number of hydrogen-bond acceptors (Lipinski definition) is 4. The van der Waals surface area contributed by atoms with Crippen LogP contribution in [0.1, 0.15) is 28.8 Å². The lowest BCUT2D eigenvalue weighted by Gasteiger charge is -2.17. The van der Waals surface area contributed by atoms with Crippen LogP contribution in [0.15, 0.2) is 47.4 Å². The first kappa shape index (κ1) is 19.7. The van der Waals surface area contributed by atoms with Crippen LogP contribution in [0.4, 0.5) is 0 Å². The number of rotatable bonds is 6. The molecule has 0 saturated carbocycles. The van der Waals surface area contributed by atoms with E-state index in [0.29, 0.717) is 30.4 Å². The maximum Gasteiger partial charge on any atom is 0.255 e. The van der Waals surface area contributed by atoms with Crippen molar-refractivity contribution in [1.29, 1.82) is 0 Å². The first-order valence-electron chi connectivity index (χ1n) is 8.62. The zero-order valence-electron chi connectivity index (χ0n) is 14.9. The molecule has 1 fully saturated rings. The highest BCUT2D eigenvalue weighted by Crippen LogP contribution is 2.26. The molecule has 2 aromatic carbocycles. The van der Waals surface area contributed by atoms with Gasteiger partial charge in [-0.3, -0.25) is 4.79 Å². The van der Waals surface area contributed by atoms with Gasteiger partial charge in [0.2, 0.25) is 10.0 Å². The number of nitrogens with one attached hydrogen (secondary N) is 1. The van der Waals surface area contributed by atoms with Gasteiger partial charge in [0.15, 0.2) is 0 Å².